The summed E-state index contributed by atoms with van der Waals surface area (Å²) in [7, 11) is 1.50. The van der Waals surface area contributed by atoms with Gasteiger partial charge in [-0.1, -0.05) is 13.8 Å². The van der Waals surface area contributed by atoms with Gasteiger partial charge < -0.3 is 24.8 Å². The molecule has 1 aromatic heterocycles. The number of hydrogen-bond acceptors (Lipinski definition) is 5. The van der Waals surface area contributed by atoms with Gasteiger partial charge in [0.2, 0.25) is 5.43 Å². The molecule has 1 atom stereocenters. The van der Waals surface area contributed by atoms with E-state index in [9.17, 15) is 24.2 Å². The Morgan fingerprint density at radius 3 is 2.45 bits per heavy atom. The fourth-order valence-corrected chi connectivity index (χ4v) is 3.56. The average Bonchev–Trinajstić information content (AvgIpc) is 2.74. The van der Waals surface area contributed by atoms with E-state index in [1.165, 1.54) is 25.4 Å². The Kier molecular flexibility index (Phi) is 6.60. The van der Waals surface area contributed by atoms with Gasteiger partial charge in [-0.2, -0.15) is 0 Å². The van der Waals surface area contributed by atoms with Crippen LogP contribution in [-0.4, -0.2) is 34.5 Å². The zero-order valence-electron chi connectivity index (χ0n) is 17.6. The molecule has 1 unspecified atom stereocenters. The summed E-state index contributed by atoms with van der Waals surface area (Å²) in [5.74, 6) is -1.19. The van der Waals surface area contributed by atoms with Gasteiger partial charge in [0.15, 0.2) is 0 Å². The molecule has 31 heavy (non-hydrogen) atoms. The predicted molar refractivity (Wildman–Crippen MR) is 116 cm³/mol. The van der Waals surface area contributed by atoms with Crippen molar-refractivity contribution in [3.8, 4) is 5.75 Å². The molecule has 8 heteroatoms. The molecule has 2 aromatic carbocycles. The fourth-order valence-electron chi connectivity index (χ4n) is 3.56. The number of methoxy groups -OCH3 is 1. The normalized spacial score (nSPS) is 12.2. The Hall–Kier alpha value is -3.39. The van der Waals surface area contributed by atoms with Crippen LogP contribution in [0.15, 0.2) is 47.4 Å². The highest BCUT2D eigenvalue weighted by atomic mass is 19.1. The summed E-state index contributed by atoms with van der Waals surface area (Å²) in [5.41, 5.74) is 0.820. The number of halogens is 1. The summed E-state index contributed by atoms with van der Waals surface area (Å²) in [6.07, 6.45) is 1.28. The van der Waals surface area contributed by atoms with E-state index in [-0.39, 0.29) is 35.8 Å². The van der Waals surface area contributed by atoms with E-state index in [0.717, 1.165) is 0 Å². The molecule has 1 heterocycles. The molecule has 0 radical (unpaired) electrons. The van der Waals surface area contributed by atoms with Gasteiger partial charge in [0, 0.05) is 35.4 Å². The molecule has 3 aromatic rings. The Labute approximate surface area is 178 Å². The number of benzene rings is 2. The van der Waals surface area contributed by atoms with Crippen molar-refractivity contribution in [2.45, 2.75) is 26.4 Å². The standard InChI is InChI=1S/C23H25FN2O5/c1-13(2)20(12-27)26-11-18(23(29)30)22(28)17-8-14(21(31-3)9-19(17)26)10-25-16-6-4-15(24)5-7-16/h4-9,11,13,20,25,27H,10,12H2,1-3H3,(H,29,30). The number of aliphatic hydroxyl groups excluding tert-OH is 1. The second-order valence-electron chi connectivity index (χ2n) is 7.62. The lowest BCUT2D eigenvalue weighted by atomic mass is 10.0. The van der Waals surface area contributed by atoms with Crippen molar-refractivity contribution in [1.82, 2.24) is 4.57 Å². The maximum absolute atomic E-state index is 13.1. The van der Waals surface area contributed by atoms with Crippen LogP contribution < -0.4 is 15.5 Å². The van der Waals surface area contributed by atoms with Crippen molar-refractivity contribution < 1.29 is 24.1 Å². The van der Waals surface area contributed by atoms with Gasteiger partial charge in [-0.05, 0) is 36.2 Å². The summed E-state index contributed by atoms with van der Waals surface area (Å²) in [6.45, 7) is 3.87. The van der Waals surface area contributed by atoms with Crippen LogP contribution in [0.25, 0.3) is 10.9 Å². The third-order valence-corrected chi connectivity index (χ3v) is 5.31. The highest BCUT2D eigenvalue weighted by Crippen LogP contribution is 2.29. The molecule has 7 nitrogen and oxygen atoms in total. The zero-order valence-corrected chi connectivity index (χ0v) is 17.6. The molecular weight excluding hydrogens is 403 g/mol. The topological polar surface area (TPSA) is 101 Å². The fraction of sp³-hybridized carbons (Fsp3) is 0.304. The van der Waals surface area contributed by atoms with Crippen molar-refractivity contribution in [3.05, 3.63) is 69.8 Å². The maximum Gasteiger partial charge on any atom is 0.341 e. The lowest BCUT2D eigenvalue weighted by Crippen LogP contribution is -2.25. The van der Waals surface area contributed by atoms with Crippen LogP contribution in [0.2, 0.25) is 0 Å². The van der Waals surface area contributed by atoms with E-state index in [0.29, 0.717) is 22.5 Å². The quantitative estimate of drug-likeness (QED) is 0.506. The first-order valence-electron chi connectivity index (χ1n) is 9.86. The number of hydrogen-bond donors (Lipinski definition) is 3. The number of carbonyl (C=O) groups is 1. The number of rotatable bonds is 8. The molecule has 0 fully saturated rings. The van der Waals surface area contributed by atoms with E-state index in [1.54, 1.807) is 28.8 Å². The number of nitrogens with one attached hydrogen (secondary N) is 1. The number of carboxylic acids is 1. The largest absolute Gasteiger partial charge is 0.496 e. The van der Waals surface area contributed by atoms with Crippen LogP contribution >= 0.6 is 0 Å². The molecular formula is C23H25FN2O5. The molecule has 0 aliphatic rings. The minimum Gasteiger partial charge on any atom is -0.496 e. The first-order chi connectivity index (χ1) is 14.8. The van der Waals surface area contributed by atoms with Crippen molar-refractivity contribution in [3.63, 3.8) is 0 Å². The van der Waals surface area contributed by atoms with Crippen LogP contribution in [0.1, 0.15) is 35.8 Å². The second kappa shape index (κ2) is 9.18. The summed E-state index contributed by atoms with van der Waals surface area (Å²) >= 11 is 0. The van der Waals surface area contributed by atoms with Gasteiger partial charge in [0.05, 0.1) is 25.3 Å². The van der Waals surface area contributed by atoms with E-state index < -0.39 is 17.4 Å². The minimum absolute atomic E-state index is 0.0110. The third kappa shape index (κ3) is 4.54. The Morgan fingerprint density at radius 2 is 1.90 bits per heavy atom. The monoisotopic (exact) mass is 428 g/mol. The smallest absolute Gasteiger partial charge is 0.341 e. The van der Waals surface area contributed by atoms with E-state index in [2.05, 4.69) is 5.32 Å². The second-order valence-corrected chi connectivity index (χ2v) is 7.62. The van der Waals surface area contributed by atoms with Crippen molar-refractivity contribution >= 4 is 22.6 Å². The lowest BCUT2D eigenvalue weighted by molar-refractivity contribution is 0.0694. The number of fused-ring (bicyclic) bond motifs is 1. The highest BCUT2D eigenvalue weighted by molar-refractivity contribution is 5.93. The molecule has 0 aliphatic carbocycles. The molecule has 0 spiro atoms. The van der Waals surface area contributed by atoms with Gasteiger partial charge in [0.1, 0.15) is 17.1 Å². The molecule has 3 rings (SSSR count). The van der Waals surface area contributed by atoms with Gasteiger partial charge in [-0.15, -0.1) is 0 Å². The minimum atomic E-state index is -1.33. The summed E-state index contributed by atoms with van der Waals surface area (Å²) in [4.78, 5) is 24.6. The summed E-state index contributed by atoms with van der Waals surface area (Å²) in [5, 5.41) is 22.8. The molecule has 0 bridgehead atoms. The lowest BCUT2D eigenvalue weighted by Gasteiger charge is -2.25. The molecule has 0 saturated carbocycles. The number of nitrogens with zero attached hydrogens (tertiary/aromatic N) is 1. The zero-order chi connectivity index (χ0) is 22.7. The molecule has 0 saturated heterocycles. The van der Waals surface area contributed by atoms with Crippen LogP contribution in [-0.2, 0) is 6.54 Å². The summed E-state index contributed by atoms with van der Waals surface area (Å²) < 4.78 is 20.3. The van der Waals surface area contributed by atoms with Gasteiger partial charge in [-0.25, -0.2) is 9.18 Å². The first kappa shape index (κ1) is 22.3. The molecule has 3 N–H and O–H groups in total. The predicted octanol–water partition coefficient (Wildman–Crippen LogP) is 3.65. The number of aromatic carboxylic acids is 1. The number of aliphatic hydroxyl groups is 1. The van der Waals surface area contributed by atoms with E-state index in [4.69, 9.17) is 4.74 Å². The summed E-state index contributed by atoms with van der Waals surface area (Å²) in [6, 6.07) is 8.70. The number of aromatic nitrogens is 1. The highest BCUT2D eigenvalue weighted by Gasteiger charge is 2.22. The molecule has 0 amide bonds. The van der Waals surface area contributed by atoms with Gasteiger partial charge in [-0.3, -0.25) is 4.79 Å². The van der Waals surface area contributed by atoms with Gasteiger partial charge >= 0.3 is 5.97 Å². The van der Waals surface area contributed by atoms with Gasteiger partial charge in [0.25, 0.3) is 0 Å². The third-order valence-electron chi connectivity index (χ3n) is 5.31. The van der Waals surface area contributed by atoms with Crippen molar-refractivity contribution in [2.75, 3.05) is 19.0 Å². The number of pyridine rings is 1. The number of carboxylic acid groups (broad SMARTS) is 1. The SMILES string of the molecule is COc1cc2c(cc1CNc1ccc(F)cc1)c(=O)c(C(=O)O)cn2C(CO)C(C)C. The molecule has 0 aliphatic heterocycles. The van der Waals surface area contributed by atoms with Crippen LogP contribution in [0, 0.1) is 11.7 Å². The van der Waals surface area contributed by atoms with Crippen LogP contribution in [0.3, 0.4) is 0 Å². The average molecular weight is 428 g/mol. The number of ether oxygens (including phenoxy) is 1. The Balaban J connectivity index is 2.17. The van der Waals surface area contributed by atoms with Crippen LogP contribution in [0.4, 0.5) is 10.1 Å². The Morgan fingerprint density at radius 1 is 1.23 bits per heavy atom. The first-order valence-corrected chi connectivity index (χ1v) is 9.86. The van der Waals surface area contributed by atoms with E-state index in [1.807, 2.05) is 13.8 Å². The Bertz CT molecular complexity index is 1160. The molecule has 164 valence electrons. The van der Waals surface area contributed by atoms with E-state index >= 15 is 0 Å². The van der Waals surface area contributed by atoms with Crippen molar-refractivity contribution in [1.29, 1.82) is 0 Å². The van der Waals surface area contributed by atoms with Crippen molar-refractivity contribution in [2.24, 2.45) is 5.92 Å². The number of anilines is 1. The maximum atomic E-state index is 13.1. The van der Waals surface area contributed by atoms with Crippen LogP contribution in [0.5, 0.6) is 5.75 Å².